The number of nitrogens with one attached hydrogen (secondary N) is 1. The van der Waals surface area contributed by atoms with E-state index in [1.54, 1.807) is 37.8 Å². The molecule has 0 radical (unpaired) electrons. The van der Waals surface area contributed by atoms with Crippen LogP contribution in [0.25, 0.3) is 6.08 Å². The van der Waals surface area contributed by atoms with Crippen molar-refractivity contribution in [1.29, 1.82) is 0 Å². The third kappa shape index (κ3) is 5.60. The molecule has 8 heteroatoms. The average molecular weight is 433 g/mol. The first-order valence-corrected chi connectivity index (χ1v) is 10.7. The number of carbonyl (C=O) groups is 3. The fourth-order valence-corrected chi connectivity index (χ4v) is 4.00. The Balaban J connectivity index is 2.36. The fraction of sp³-hybridized carbons (Fsp3) is 0.409. The number of esters is 1. The minimum absolute atomic E-state index is 0.178. The molecule has 0 aromatic carbocycles. The quantitative estimate of drug-likeness (QED) is 0.484. The molecule has 0 fully saturated rings. The van der Waals surface area contributed by atoms with E-state index in [0.717, 1.165) is 17.1 Å². The number of ether oxygens (including phenoxy) is 1. The van der Waals surface area contributed by atoms with Crippen molar-refractivity contribution in [2.24, 2.45) is 0 Å². The lowest BCUT2D eigenvalue weighted by molar-refractivity contribution is -0.111. The Morgan fingerprint density at radius 3 is 2.40 bits per heavy atom. The molecule has 0 saturated carbocycles. The summed E-state index contributed by atoms with van der Waals surface area (Å²) in [5, 5.41) is 3.00. The van der Waals surface area contributed by atoms with Gasteiger partial charge in [-0.15, -0.1) is 11.3 Å². The van der Waals surface area contributed by atoms with Crippen molar-refractivity contribution in [2.75, 3.05) is 18.4 Å². The number of carbonyl (C=O) groups excluding carboxylic acids is 3. The molecule has 2 amide bonds. The van der Waals surface area contributed by atoms with Crippen LogP contribution >= 0.6 is 11.3 Å². The van der Waals surface area contributed by atoms with E-state index in [-0.39, 0.29) is 17.6 Å². The van der Waals surface area contributed by atoms with E-state index in [1.165, 1.54) is 12.2 Å². The summed E-state index contributed by atoms with van der Waals surface area (Å²) in [6.45, 7) is 11.9. The Labute approximate surface area is 180 Å². The number of aryl methyl sites for hydroxylation is 1. The molecule has 7 nitrogen and oxygen atoms in total. The molecule has 0 spiro atoms. The lowest BCUT2D eigenvalue weighted by atomic mass is 10.1. The van der Waals surface area contributed by atoms with Crippen LogP contribution in [0.1, 0.15) is 64.8 Å². The van der Waals surface area contributed by atoms with Crippen LogP contribution in [-0.4, -0.2) is 41.9 Å². The number of hydrogen-bond acceptors (Lipinski definition) is 6. The fourth-order valence-electron chi connectivity index (χ4n) is 2.83. The molecular formula is C22H28N2O5S. The molecule has 2 heterocycles. The van der Waals surface area contributed by atoms with Crippen molar-refractivity contribution in [3.05, 3.63) is 45.7 Å². The van der Waals surface area contributed by atoms with E-state index in [9.17, 15) is 14.4 Å². The van der Waals surface area contributed by atoms with Crippen LogP contribution in [0.2, 0.25) is 0 Å². The monoisotopic (exact) mass is 432 g/mol. The number of rotatable bonds is 8. The lowest BCUT2D eigenvalue weighted by Crippen LogP contribution is -2.30. The third-order valence-electron chi connectivity index (χ3n) is 4.34. The van der Waals surface area contributed by atoms with Crippen LogP contribution < -0.4 is 5.32 Å². The smallest absolute Gasteiger partial charge is 0.341 e. The molecule has 0 unspecified atom stereocenters. The van der Waals surface area contributed by atoms with Gasteiger partial charge < -0.3 is 19.4 Å². The van der Waals surface area contributed by atoms with Gasteiger partial charge in [0.15, 0.2) is 0 Å². The molecule has 2 aromatic rings. The van der Waals surface area contributed by atoms with Crippen LogP contribution in [-0.2, 0) is 9.53 Å². The van der Waals surface area contributed by atoms with Crippen molar-refractivity contribution in [3.63, 3.8) is 0 Å². The predicted molar refractivity (Wildman–Crippen MR) is 118 cm³/mol. The van der Waals surface area contributed by atoms with Crippen LogP contribution in [0.3, 0.4) is 0 Å². The molecule has 0 saturated heterocycles. The van der Waals surface area contributed by atoms with Crippen LogP contribution in [0.5, 0.6) is 0 Å². The highest BCUT2D eigenvalue weighted by Gasteiger charge is 2.28. The summed E-state index contributed by atoms with van der Waals surface area (Å²) >= 11 is 1.08. The molecule has 2 rings (SSSR count). The third-order valence-corrected chi connectivity index (χ3v) is 5.53. The zero-order valence-electron chi connectivity index (χ0n) is 18.2. The largest absolute Gasteiger partial charge is 0.462 e. The van der Waals surface area contributed by atoms with E-state index in [4.69, 9.17) is 9.15 Å². The first-order chi connectivity index (χ1) is 14.2. The van der Waals surface area contributed by atoms with Crippen molar-refractivity contribution in [3.8, 4) is 0 Å². The maximum absolute atomic E-state index is 12.9. The first kappa shape index (κ1) is 23.4. The molecule has 1 N–H and O–H groups in total. The molecule has 0 atom stereocenters. The Kier molecular flexibility index (Phi) is 8.00. The molecule has 0 aliphatic heterocycles. The summed E-state index contributed by atoms with van der Waals surface area (Å²) in [5.74, 6) is 0.0938. The molecule has 30 heavy (non-hydrogen) atoms. The summed E-state index contributed by atoms with van der Waals surface area (Å²) in [6.07, 6.45) is 2.53. The van der Waals surface area contributed by atoms with E-state index in [2.05, 4.69) is 5.32 Å². The minimum Gasteiger partial charge on any atom is -0.462 e. The highest BCUT2D eigenvalue weighted by molar-refractivity contribution is 7.18. The summed E-state index contributed by atoms with van der Waals surface area (Å²) in [5.41, 5.74) is 0.711. The van der Waals surface area contributed by atoms with Crippen molar-refractivity contribution < 1.29 is 23.5 Å². The van der Waals surface area contributed by atoms with Crippen molar-refractivity contribution in [1.82, 2.24) is 4.90 Å². The Bertz CT molecular complexity index is 951. The van der Waals surface area contributed by atoms with Crippen LogP contribution in [0.4, 0.5) is 5.00 Å². The highest BCUT2D eigenvalue weighted by Crippen LogP contribution is 2.35. The SMILES string of the molecule is CCN(CC)C(=O)c1sc(NC(=O)/C=C/c2ccc(C)o2)c(C(=O)OC(C)C)c1C. The molecule has 0 aliphatic rings. The van der Waals surface area contributed by atoms with Gasteiger partial charge in [-0.05, 0) is 65.3 Å². The maximum Gasteiger partial charge on any atom is 0.341 e. The van der Waals surface area contributed by atoms with Gasteiger partial charge in [0.2, 0.25) is 5.91 Å². The highest BCUT2D eigenvalue weighted by atomic mass is 32.1. The van der Waals surface area contributed by atoms with Gasteiger partial charge in [-0.3, -0.25) is 9.59 Å². The average Bonchev–Trinajstić information content (AvgIpc) is 3.23. The normalized spacial score (nSPS) is 11.2. The topological polar surface area (TPSA) is 88.9 Å². The lowest BCUT2D eigenvalue weighted by Gasteiger charge is -2.18. The molecule has 0 bridgehead atoms. The molecule has 2 aromatic heterocycles. The predicted octanol–water partition coefficient (Wildman–Crippen LogP) is 4.66. The van der Waals surface area contributed by atoms with E-state index in [1.807, 2.05) is 20.8 Å². The van der Waals surface area contributed by atoms with Crippen LogP contribution in [0.15, 0.2) is 22.6 Å². The second-order valence-electron chi connectivity index (χ2n) is 6.96. The summed E-state index contributed by atoms with van der Waals surface area (Å²) in [4.78, 5) is 40.1. The molecular weight excluding hydrogens is 404 g/mol. The van der Waals surface area contributed by atoms with Crippen molar-refractivity contribution in [2.45, 2.75) is 47.6 Å². The number of hydrogen-bond donors (Lipinski definition) is 1. The number of thiophene rings is 1. The van der Waals surface area contributed by atoms with Gasteiger partial charge in [0, 0.05) is 19.2 Å². The minimum atomic E-state index is -0.571. The second-order valence-corrected chi connectivity index (χ2v) is 7.98. The van der Waals surface area contributed by atoms with Gasteiger partial charge in [0.1, 0.15) is 16.5 Å². The van der Waals surface area contributed by atoms with Gasteiger partial charge in [0.25, 0.3) is 5.91 Å². The zero-order valence-corrected chi connectivity index (χ0v) is 19.0. The summed E-state index contributed by atoms with van der Waals surface area (Å²) in [6, 6.07) is 3.55. The molecule has 162 valence electrons. The summed E-state index contributed by atoms with van der Waals surface area (Å²) < 4.78 is 10.7. The Morgan fingerprint density at radius 1 is 1.20 bits per heavy atom. The number of furan rings is 1. The first-order valence-electron chi connectivity index (χ1n) is 9.87. The number of amides is 2. The van der Waals surface area contributed by atoms with Gasteiger partial charge >= 0.3 is 5.97 Å². The number of nitrogens with zero attached hydrogens (tertiary/aromatic N) is 1. The van der Waals surface area contributed by atoms with Gasteiger partial charge in [0.05, 0.1) is 16.5 Å². The Hall–Kier alpha value is -2.87. The maximum atomic E-state index is 12.9. The van der Waals surface area contributed by atoms with Crippen molar-refractivity contribution >= 4 is 40.2 Å². The molecule has 0 aliphatic carbocycles. The van der Waals surface area contributed by atoms with Gasteiger partial charge in [-0.25, -0.2) is 4.79 Å². The number of anilines is 1. The standard InChI is InChI=1S/C22H28N2O5S/c1-7-24(8-2)21(26)19-15(6)18(22(27)28-13(3)4)20(30-19)23-17(25)12-11-16-10-9-14(5)29-16/h9-13H,7-8H2,1-6H3,(H,23,25)/b12-11+. The van der Waals surface area contributed by atoms with E-state index in [0.29, 0.717) is 34.3 Å². The van der Waals surface area contributed by atoms with E-state index < -0.39 is 11.9 Å². The van der Waals surface area contributed by atoms with E-state index >= 15 is 0 Å². The van der Waals surface area contributed by atoms with Gasteiger partial charge in [-0.1, -0.05) is 0 Å². The zero-order chi connectivity index (χ0) is 22.4. The second kappa shape index (κ2) is 10.2. The summed E-state index contributed by atoms with van der Waals surface area (Å²) in [7, 11) is 0. The van der Waals surface area contributed by atoms with Crippen LogP contribution in [0, 0.1) is 13.8 Å². The Morgan fingerprint density at radius 2 is 1.87 bits per heavy atom. The van der Waals surface area contributed by atoms with Gasteiger partial charge in [-0.2, -0.15) is 0 Å².